The molecule has 4 heterocycles. The molecule has 46 heavy (non-hydrogen) atoms. The first-order valence-corrected chi connectivity index (χ1v) is 16.4. The van der Waals surface area contributed by atoms with Crippen molar-refractivity contribution in [2.24, 2.45) is 5.92 Å². The lowest BCUT2D eigenvalue weighted by Crippen LogP contribution is -2.56. The average Bonchev–Trinajstić information content (AvgIpc) is 3.58. The summed E-state index contributed by atoms with van der Waals surface area (Å²) in [6, 6.07) is 1.81. The van der Waals surface area contributed by atoms with Crippen molar-refractivity contribution in [2.45, 2.75) is 155 Å². The van der Waals surface area contributed by atoms with Gasteiger partial charge in [-0.15, -0.1) is 0 Å². The van der Waals surface area contributed by atoms with E-state index in [-0.39, 0.29) is 18.6 Å². The van der Waals surface area contributed by atoms with Crippen LogP contribution in [0.4, 0.5) is 4.79 Å². The highest BCUT2D eigenvalue weighted by atomic mass is 16.9. The van der Waals surface area contributed by atoms with E-state index in [1.165, 1.54) is 0 Å². The molecule has 5 aliphatic rings. The number of nitrogens with one attached hydrogen (secondary N) is 1. The van der Waals surface area contributed by atoms with E-state index in [0.29, 0.717) is 22.6 Å². The van der Waals surface area contributed by atoms with Gasteiger partial charge >= 0.3 is 12.1 Å². The van der Waals surface area contributed by atoms with Crippen LogP contribution in [-0.4, -0.2) is 78.4 Å². The maximum absolute atomic E-state index is 13.5. The van der Waals surface area contributed by atoms with Crippen molar-refractivity contribution >= 4 is 12.1 Å². The topological polar surface area (TPSA) is 129 Å². The molecular formula is C34H49NO11. The van der Waals surface area contributed by atoms with E-state index in [1.54, 1.807) is 6.07 Å². The summed E-state index contributed by atoms with van der Waals surface area (Å²) < 4.78 is 54.9. The quantitative estimate of drug-likeness (QED) is 0.411. The van der Waals surface area contributed by atoms with Crippen LogP contribution in [0.1, 0.15) is 103 Å². The van der Waals surface area contributed by atoms with E-state index in [9.17, 15) is 9.59 Å². The van der Waals surface area contributed by atoms with Gasteiger partial charge in [-0.3, -0.25) is 0 Å². The Morgan fingerprint density at radius 2 is 1.48 bits per heavy atom. The first-order chi connectivity index (χ1) is 21.3. The van der Waals surface area contributed by atoms with E-state index in [1.807, 2.05) is 69.2 Å². The zero-order valence-electron chi connectivity index (χ0n) is 28.6. The molecule has 0 radical (unpaired) electrons. The number of alkyl carbamates (subject to hydrolysis) is 1. The Balaban J connectivity index is 1.10. The van der Waals surface area contributed by atoms with Crippen molar-refractivity contribution < 1.29 is 52.2 Å². The lowest BCUT2D eigenvalue weighted by Gasteiger charge is -2.37. The van der Waals surface area contributed by atoms with Crippen molar-refractivity contribution in [3.63, 3.8) is 0 Å². The molecule has 0 spiro atoms. The van der Waals surface area contributed by atoms with Crippen molar-refractivity contribution in [3.05, 3.63) is 22.8 Å². The summed E-state index contributed by atoms with van der Waals surface area (Å²) in [5.41, 5.74) is 1.27. The number of carbonyl (C=O) groups excluding carboxylic acids is 2. The van der Waals surface area contributed by atoms with Gasteiger partial charge in [-0.2, -0.15) is 0 Å². The fraction of sp³-hybridized carbons (Fsp3) is 0.765. The van der Waals surface area contributed by atoms with Crippen LogP contribution in [0, 0.1) is 19.8 Å². The zero-order valence-corrected chi connectivity index (χ0v) is 28.6. The number of benzene rings is 1. The number of hydrogen-bond donors (Lipinski definition) is 1. The summed E-state index contributed by atoms with van der Waals surface area (Å²) in [6.07, 6.45) is 0.0855. The lowest BCUT2D eigenvalue weighted by atomic mass is 9.81. The second-order valence-corrected chi connectivity index (χ2v) is 15.2. The van der Waals surface area contributed by atoms with Gasteiger partial charge in [-0.05, 0) is 99.6 Å². The molecule has 0 bridgehead atoms. The van der Waals surface area contributed by atoms with Crippen LogP contribution in [0.5, 0.6) is 11.5 Å². The SMILES string of the molecule is Cc1cc(C(=O)OC[C@H]2O[C@@H]3OC(C)(C)O[C@@H]3[C@H]3OC(C)(C)O[C@H]32)c(C)c2c1O[C@](C)(C1CCC(NC(=O)OC(C)(C)C)CC1)O2. The number of amides is 1. The Hall–Kier alpha value is -2.64. The zero-order chi connectivity index (χ0) is 33.4. The highest BCUT2D eigenvalue weighted by molar-refractivity contribution is 5.93. The van der Waals surface area contributed by atoms with Crippen LogP contribution in [0.25, 0.3) is 0 Å². The fourth-order valence-corrected chi connectivity index (χ4v) is 7.22. The molecular weight excluding hydrogens is 598 g/mol. The molecule has 1 saturated carbocycles. The molecule has 4 fully saturated rings. The second-order valence-electron chi connectivity index (χ2n) is 15.2. The minimum absolute atomic E-state index is 0.0316. The van der Waals surface area contributed by atoms with E-state index >= 15 is 0 Å². The number of aryl methyl sites for hydroxylation is 1. The Morgan fingerprint density at radius 3 is 2.15 bits per heavy atom. The smallest absolute Gasteiger partial charge is 0.407 e. The normalized spacial score (nSPS) is 35.7. The molecule has 12 heteroatoms. The lowest BCUT2D eigenvalue weighted by molar-refractivity contribution is -0.240. The molecule has 12 nitrogen and oxygen atoms in total. The van der Waals surface area contributed by atoms with Gasteiger partial charge in [0.2, 0.25) is 0 Å². The second kappa shape index (κ2) is 11.5. The monoisotopic (exact) mass is 647 g/mol. The highest BCUT2D eigenvalue weighted by Gasteiger charge is 2.61. The van der Waals surface area contributed by atoms with Gasteiger partial charge in [-0.1, -0.05) is 0 Å². The maximum atomic E-state index is 13.5. The van der Waals surface area contributed by atoms with Crippen molar-refractivity contribution in [1.82, 2.24) is 5.32 Å². The van der Waals surface area contributed by atoms with Crippen LogP contribution >= 0.6 is 0 Å². The number of carbonyl (C=O) groups is 2. The van der Waals surface area contributed by atoms with Gasteiger partial charge < -0.3 is 47.9 Å². The minimum Gasteiger partial charge on any atom is -0.459 e. The van der Waals surface area contributed by atoms with Gasteiger partial charge in [0, 0.05) is 24.4 Å². The van der Waals surface area contributed by atoms with Crippen LogP contribution in [0.2, 0.25) is 0 Å². The van der Waals surface area contributed by atoms with Crippen LogP contribution in [0.3, 0.4) is 0 Å². The van der Waals surface area contributed by atoms with Crippen molar-refractivity contribution in [3.8, 4) is 11.5 Å². The molecule has 1 N–H and O–H groups in total. The molecule has 6 rings (SSSR count). The Bertz CT molecular complexity index is 1360. The molecule has 256 valence electrons. The first-order valence-electron chi connectivity index (χ1n) is 16.4. The van der Waals surface area contributed by atoms with Crippen molar-refractivity contribution in [1.29, 1.82) is 0 Å². The predicted molar refractivity (Wildman–Crippen MR) is 163 cm³/mol. The third kappa shape index (κ3) is 6.56. The summed E-state index contributed by atoms with van der Waals surface area (Å²) >= 11 is 0. The van der Waals surface area contributed by atoms with Gasteiger partial charge in [0.1, 0.15) is 36.6 Å². The van der Waals surface area contributed by atoms with Gasteiger partial charge in [0.15, 0.2) is 29.4 Å². The third-order valence-electron chi connectivity index (χ3n) is 9.32. The largest absolute Gasteiger partial charge is 0.459 e. The Morgan fingerprint density at radius 1 is 0.870 bits per heavy atom. The number of esters is 1. The summed E-state index contributed by atoms with van der Waals surface area (Å²) in [4.78, 5) is 25.8. The van der Waals surface area contributed by atoms with E-state index < -0.39 is 65.7 Å². The molecule has 6 atom stereocenters. The molecule has 0 aromatic heterocycles. The summed E-state index contributed by atoms with van der Waals surface area (Å²) in [5.74, 6) is -1.81. The first kappa shape index (κ1) is 33.3. The molecule has 4 aliphatic heterocycles. The van der Waals surface area contributed by atoms with E-state index in [0.717, 1.165) is 31.2 Å². The van der Waals surface area contributed by atoms with E-state index in [4.69, 9.17) is 42.6 Å². The van der Waals surface area contributed by atoms with Crippen LogP contribution < -0.4 is 14.8 Å². The third-order valence-corrected chi connectivity index (χ3v) is 9.32. The molecule has 0 unspecified atom stereocenters. The fourth-order valence-electron chi connectivity index (χ4n) is 7.22. The van der Waals surface area contributed by atoms with Gasteiger partial charge in [0.05, 0.1) is 5.56 Å². The average molecular weight is 648 g/mol. The molecule has 1 aromatic carbocycles. The number of rotatable bonds is 5. The van der Waals surface area contributed by atoms with Gasteiger partial charge in [-0.25, -0.2) is 9.59 Å². The van der Waals surface area contributed by atoms with Crippen molar-refractivity contribution in [2.75, 3.05) is 6.61 Å². The Labute approximate surface area is 271 Å². The number of ether oxygens (including phenoxy) is 9. The molecule has 3 saturated heterocycles. The van der Waals surface area contributed by atoms with Crippen LogP contribution in [0.15, 0.2) is 6.07 Å². The summed E-state index contributed by atoms with van der Waals surface area (Å²) in [7, 11) is 0. The van der Waals surface area contributed by atoms with Gasteiger partial charge in [0.25, 0.3) is 5.79 Å². The maximum Gasteiger partial charge on any atom is 0.407 e. The standard InChI is InChI=1S/C34H49NO11/c1-17-15-21(28(36)38-16-22-25-26(41-32(6,7)40-25)27-29(39-22)45-33(8,9)42-27)18(2)24-23(17)43-34(10,44-24)19-11-13-20(14-12-19)35-30(37)46-31(3,4)5/h15,19-20,22,25-27,29H,11-14,16H2,1-10H3,(H,35,37)/t19?,20?,22-,25+,26+,27-,29-,34+/m1/s1. The van der Waals surface area contributed by atoms with Crippen LogP contribution in [-0.2, 0) is 33.2 Å². The molecule has 1 amide bonds. The predicted octanol–water partition coefficient (Wildman–Crippen LogP) is 5.43. The number of fused-ring (bicyclic) bond motifs is 4. The summed E-state index contributed by atoms with van der Waals surface area (Å²) in [6.45, 7) is 18.5. The minimum atomic E-state index is -0.900. The highest BCUT2D eigenvalue weighted by Crippen LogP contribution is 2.50. The Kier molecular flexibility index (Phi) is 8.32. The molecule has 1 aliphatic carbocycles. The molecule has 1 aromatic rings. The number of hydrogen-bond acceptors (Lipinski definition) is 11. The summed E-state index contributed by atoms with van der Waals surface area (Å²) in [5, 5.41) is 2.99. The van der Waals surface area contributed by atoms with E-state index in [2.05, 4.69) is 5.32 Å².